The number of hydrogen-bond donors (Lipinski definition) is 2. The van der Waals surface area contributed by atoms with Crippen LogP contribution in [0.1, 0.15) is 36.7 Å². The summed E-state index contributed by atoms with van der Waals surface area (Å²) >= 11 is 0. The summed E-state index contributed by atoms with van der Waals surface area (Å²) < 4.78 is 1.79. The Labute approximate surface area is 108 Å². The maximum absolute atomic E-state index is 11.8. The topological polar surface area (TPSA) is 67.2 Å². The van der Waals surface area contributed by atoms with Crippen molar-refractivity contribution in [3.05, 3.63) is 17.0 Å². The van der Waals surface area contributed by atoms with E-state index in [1.165, 1.54) is 0 Å². The van der Waals surface area contributed by atoms with Gasteiger partial charge in [0.1, 0.15) is 0 Å². The molecule has 1 aromatic rings. The number of aliphatic hydroxyl groups is 1. The zero-order valence-corrected chi connectivity index (χ0v) is 11.7. The van der Waals surface area contributed by atoms with E-state index in [2.05, 4.69) is 10.4 Å². The van der Waals surface area contributed by atoms with Crippen molar-refractivity contribution < 1.29 is 9.90 Å². The van der Waals surface area contributed by atoms with Gasteiger partial charge in [0, 0.05) is 24.8 Å². The molecule has 5 heteroatoms. The fourth-order valence-corrected chi connectivity index (χ4v) is 1.88. The van der Waals surface area contributed by atoms with Crippen LogP contribution in [-0.4, -0.2) is 33.4 Å². The van der Waals surface area contributed by atoms with Gasteiger partial charge in [-0.1, -0.05) is 6.92 Å². The van der Waals surface area contributed by atoms with E-state index in [9.17, 15) is 9.90 Å². The third-order valence-electron chi connectivity index (χ3n) is 3.27. The molecule has 1 atom stereocenters. The molecule has 1 heterocycles. The second kappa shape index (κ2) is 6.54. The van der Waals surface area contributed by atoms with Gasteiger partial charge in [-0.2, -0.15) is 5.10 Å². The summed E-state index contributed by atoms with van der Waals surface area (Å²) in [5, 5.41) is 16.5. The Morgan fingerprint density at radius 2 is 2.17 bits per heavy atom. The summed E-state index contributed by atoms with van der Waals surface area (Å²) in [4.78, 5) is 11.8. The highest BCUT2D eigenvalue weighted by molar-refractivity contribution is 5.79. The molecule has 0 aromatic carbocycles. The van der Waals surface area contributed by atoms with Crippen molar-refractivity contribution >= 4 is 5.91 Å². The number of aromatic nitrogens is 2. The lowest BCUT2D eigenvalue weighted by molar-refractivity contribution is -0.120. The maximum atomic E-state index is 11.8. The van der Waals surface area contributed by atoms with E-state index >= 15 is 0 Å². The van der Waals surface area contributed by atoms with Crippen molar-refractivity contribution in [2.45, 2.75) is 46.1 Å². The molecule has 0 aliphatic rings. The van der Waals surface area contributed by atoms with Gasteiger partial charge in [0.05, 0.1) is 18.2 Å². The van der Waals surface area contributed by atoms with E-state index in [1.54, 1.807) is 4.68 Å². The lowest BCUT2D eigenvalue weighted by Gasteiger charge is -2.09. The van der Waals surface area contributed by atoms with E-state index in [0.717, 1.165) is 23.4 Å². The Hall–Kier alpha value is -1.36. The van der Waals surface area contributed by atoms with Gasteiger partial charge in [-0.3, -0.25) is 9.48 Å². The molecule has 5 nitrogen and oxygen atoms in total. The molecule has 0 aliphatic carbocycles. The van der Waals surface area contributed by atoms with Crippen molar-refractivity contribution in [1.82, 2.24) is 15.1 Å². The number of nitrogens with zero attached hydrogens (tertiary/aromatic N) is 2. The quantitative estimate of drug-likeness (QED) is 0.790. The fraction of sp³-hybridized carbons (Fsp3) is 0.692. The lowest BCUT2D eigenvalue weighted by Crippen LogP contribution is -2.28. The van der Waals surface area contributed by atoms with E-state index in [4.69, 9.17) is 0 Å². The predicted octanol–water partition coefficient (Wildman–Crippen LogP) is 0.857. The van der Waals surface area contributed by atoms with Crippen LogP contribution < -0.4 is 5.32 Å². The molecule has 1 aromatic heterocycles. The summed E-state index contributed by atoms with van der Waals surface area (Å²) in [6, 6.07) is 0. The fourth-order valence-electron chi connectivity index (χ4n) is 1.88. The van der Waals surface area contributed by atoms with Crippen LogP contribution in [-0.2, 0) is 18.3 Å². The third-order valence-corrected chi connectivity index (χ3v) is 3.27. The SMILES string of the molecule is CCC(O)CCNC(=O)Cc1c(C)nn(C)c1C. The molecular formula is C13H23N3O2. The molecular weight excluding hydrogens is 230 g/mol. The van der Waals surface area contributed by atoms with Crippen LogP contribution in [0.5, 0.6) is 0 Å². The van der Waals surface area contributed by atoms with E-state index in [-0.39, 0.29) is 12.0 Å². The number of amides is 1. The van der Waals surface area contributed by atoms with Crippen molar-refractivity contribution in [2.24, 2.45) is 7.05 Å². The van der Waals surface area contributed by atoms with Gasteiger partial charge in [0.2, 0.25) is 5.91 Å². The predicted molar refractivity (Wildman–Crippen MR) is 70.3 cm³/mol. The van der Waals surface area contributed by atoms with Gasteiger partial charge < -0.3 is 10.4 Å². The number of carbonyl (C=O) groups is 1. The molecule has 0 radical (unpaired) electrons. The zero-order valence-electron chi connectivity index (χ0n) is 11.7. The Morgan fingerprint density at radius 1 is 1.50 bits per heavy atom. The number of aryl methyl sites for hydroxylation is 2. The van der Waals surface area contributed by atoms with Crippen LogP contribution in [0.3, 0.4) is 0 Å². The van der Waals surface area contributed by atoms with Gasteiger partial charge >= 0.3 is 0 Å². The number of nitrogens with one attached hydrogen (secondary N) is 1. The van der Waals surface area contributed by atoms with Crippen molar-refractivity contribution in [1.29, 1.82) is 0 Å². The normalized spacial score (nSPS) is 12.5. The first-order chi connectivity index (χ1) is 8.45. The number of rotatable bonds is 6. The molecule has 18 heavy (non-hydrogen) atoms. The molecule has 0 spiro atoms. The minimum Gasteiger partial charge on any atom is -0.393 e. The highest BCUT2D eigenvalue weighted by Gasteiger charge is 2.13. The zero-order chi connectivity index (χ0) is 13.7. The monoisotopic (exact) mass is 253 g/mol. The van der Waals surface area contributed by atoms with Gasteiger partial charge in [0.25, 0.3) is 0 Å². The summed E-state index contributed by atoms with van der Waals surface area (Å²) in [5.41, 5.74) is 2.92. The summed E-state index contributed by atoms with van der Waals surface area (Å²) in [6.07, 6.45) is 1.35. The van der Waals surface area contributed by atoms with E-state index < -0.39 is 0 Å². The second-order valence-electron chi connectivity index (χ2n) is 4.65. The minimum absolute atomic E-state index is 0.0162. The summed E-state index contributed by atoms with van der Waals surface area (Å²) in [7, 11) is 1.88. The van der Waals surface area contributed by atoms with Gasteiger partial charge in [-0.05, 0) is 26.7 Å². The minimum atomic E-state index is -0.327. The highest BCUT2D eigenvalue weighted by atomic mass is 16.3. The lowest BCUT2D eigenvalue weighted by atomic mass is 10.1. The average Bonchev–Trinajstić information content (AvgIpc) is 2.56. The standard InChI is InChI=1S/C13H23N3O2/c1-5-11(17)6-7-14-13(18)8-12-9(2)15-16(4)10(12)3/h11,17H,5-8H2,1-4H3,(H,14,18). The van der Waals surface area contributed by atoms with E-state index in [1.807, 2.05) is 27.8 Å². The highest BCUT2D eigenvalue weighted by Crippen LogP contribution is 2.12. The van der Waals surface area contributed by atoms with Gasteiger partial charge in [-0.15, -0.1) is 0 Å². The van der Waals surface area contributed by atoms with E-state index in [0.29, 0.717) is 19.4 Å². The second-order valence-corrected chi connectivity index (χ2v) is 4.65. The molecule has 0 saturated carbocycles. The van der Waals surface area contributed by atoms with Gasteiger partial charge in [-0.25, -0.2) is 0 Å². The van der Waals surface area contributed by atoms with Crippen molar-refractivity contribution in [3.63, 3.8) is 0 Å². The molecule has 0 bridgehead atoms. The van der Waals surface area contributed by atoms with Gasteiger partial charge in [0.15, 0.2) is 0 Å². The Morgan fingerprint density at radius 3 is 2.67 bits per heavy atom. The largest absolute Gasteiger partial charge is 0.393 e. The average molecular weight is 253 g/mol. The van der Waals surface area contributed by atoms with Crippen molar-refractivity contribution in [3.8, 4) is 0 Å². The Bertz CT molecular complexity index is 413. The van der Waals surface area contributed by atoms with Crippen LogP contribution in [0.25, 0.3) is 0 Å². The molecule has 0 fully saturated rings. The Kier molecular flexibility index (Phi) is 5.34. The van der Waals surface area contributed by atoms with Crippen LogP contribution >= 0.6 is 0 Å². The van der Waals surface area contributed by atoms with Crippen LogP contribution in [0, 0.1) is 13.8 Å². The summed E-state index contributed by atoms with van der Waals surface area (Å²) in [5.74, 6) is -0.0162. The molecule has 1 unspecified atom stereocenters. The van der Waals surface area contributed by atoms with Crippen LogP contribution in [0.2, 0.25) is 0 Å². The third kappa shape index (κ3) is 3.84. The first-order valence-electron chi connectivity index (χ1n) is 6.39. The smallest absolute Gasteiger partial charge is 0.224 e. The molecule has 102 valence electrons. The molecule has 2 N–H and O–H groups in total. The number of aliphatic hydroxyl groups excluding tert-OH is 1. The first kappa shape index (κ1) is 14.7. The molecule has 0 saturated heterocycles. The maximum Gasteiger partial charge on any atom is 0.224 e. The first-order valence-corrected chi connectivity index (χ1v) is 6.39. The molecule has 0 aliphatic heterocycles. The van der Waals surface area contributed by atoms with Crippen LogP contribution in [0.4, 0.5) is 0 Å². The summed E-state index contributed by atoms with van der Waals surface area (Å²) in [6.45, 7) is 6.32. The molecule has 1 amide bonds. The van der Waals surface area contributed by atoms with Crippen LogP contribution in [0.15, 0.2) is 0 Å². The number of carbonyl (C=O) groups excluding carboxylic acids is 1. The van der Waals surface area contributed by atoms with Crippen molar-refractivity contribution in [2.75, 3.05) is 6.54 Å². The molecule has 1 rings (SSSR count). The number of hydrogen-bond acceptors (Lipinski definition) is 3. The Balaban J connectivity index is 2.45.